The molecule has 0 radical (unpaired) electrons. The second-order valence-corrected chi connectivity index (χ2v) is 28.7. The first kappa shape index (κ1) is 68.6. The van der Waals surface area contributed by atoms with E-state index in [0.717, 1.165) is 124 Å². The van der Waals surface area contributed by atoms with Crippen LogP contribution in [0.15, 0.2) is 362 Å². The summed E-state index contributed by atoms with van der Waals surface area (Å²) >= 11 is 0. The molecule has 0 amide bonds. The zero-order valence-electron chi connectivity index (χ0n) is 60.7. The molecule has 0 spiro atoms. The number of benzene rings is 16. The standard InChI is InChI=1S/C102H62F6N2O4/c1-3-61-21-41-75(42-22-61)111-77-45-29-65(30-46-77)101(99-91(105)53-67(103)54-92(99)106)87-17-9-5-13-79(87)81-49-37-73(59-89(81)101)109(71-39-51-97-85(57-71)83-15-7-11-19-95(83)113-97)69-33-25-63(26-34-69)64-27-35-70(36-28-64)110(72-40-52-98-86(58-72)84-16-8-12-20-96(84)114-98)74-38-50-82-80-14-6-10-18-88(80)102(90(82)60-74,100-93(107)55-68(104)56-94(100)108)66-31-47-78(48-32-66)112-76-43-23-62(4-2)24-44-76/h3-60H,1-2H2. The second kappa shape index (κ2) is 27.1. The highest BCUT2D eigenvalue weighted by Gasteiger charge is 2.52. The molecule has 18 aromatic rings. The first-order valence-corrected chi connectivity index (χ1v) is 37.3. The Hall–Kier alpha value is -14.6. The van der Waals surface area contributed by atoms with Gasteiger partial charge >= 0.3 is 0 Å². The van der Waals surface area contributed by atoms with Crippen LogP contribution in [0.3, 0.4) is 0 Å². The molecule has 2 atom stereocenters. The molecule has 6 nitrogen and oxygen atoms in total. The van der Waals surface area contributed by atoms with Crippen LogP contribution >= 0.6 is 0 Å². The summed E-state index contributed by atoms with van der Waals surface area (Å²) in [6.45, 7) is 7.74. The summed E-state index contributed by atoms with van der Waals surface area (Å²) in [4.78, 5) is 4.23. The van der Waals surface area contributed by atoms with Crippen molar-refractivity contribution in [2.75, 3.05) is 9.80 Å². The fraction of sp³-hybridized carbons (Fsp3) is 0.0196. The lowest BCUT2D eigenvalue weighted by molar-refractivity contribution is 0.481. The number of hydrogen-bond acceptors (Lipinski definition) is 6. The smallest absolute Gasteiger partial charge is 0.135 e. The average Bonchev–Trinajstić information content (AvgIpc) is 1.53. The summed E-state index contributed by atoms with van der Waals surface area (Å²) < 4.78 is 126. The van der Waals surface area contributed by atoms with E-state index in [1.165, 1.54) is 0 Å². The number of fused-ring (bicyclic) bond motifs is 12. The Labute approximate surface area is 651 Å². The van der Waals surface area contributed by atoms with Crippen molar-refractivity contribution >= 4 is 90.2 Å². The van der Waals surface area contributed by atoms with Gasteiger partial charge in [0.05, 0.1) is 10.8 Å². The number of nitrogens with zero attached hydrogens (tertiary/aromatic N) is 2. The normalized spacial score (nSPS) is 14.5. The third-order valence-corrected chi connectivity index (χ3v) is 22.4. The van der Waals surface area contributed by atoms with Gasteiger partial charge in [0.2, 0.25) is 0 Å². The van der Waals surface area contributed by atoms with Gasteiger partial charge in [0.1, 0.15) is 80.2 Å². The highest BCUT2D eigenvalue weighted by molar-refractivity contribution is 6.08. The van der Waals surface area contributed by atoms with E-state index in [1.54, 1.807) is 36.4 Å². The SMILES string of the molecule is C=Cc1ccc(Oc2ccc(C3(c4c(F)cc(F)cc4F)c4ccccc4-c4ccc(N(c5ccc(-c6ccc(N(c7ccc8c(c7)C(c7ccc(Oc9ccc(C=C)cc9)cc7)(c7c(F)cc(F)cc7F)c7ccccc7-8)c7ccc8oc9ccccc9c8c7)cc6)cc5)c5ccc6oc7ccccc7c6c5)cc43)cc2)cc1. The van der Waals surface area contributed by atoms with Crippen LogP contribution in [0.2, 0.25) is 0 Å². The molecular weight excluding hydrogens is 1430 g/mol. The molecule has 0 aliphatic heterocycles. The van der Waals surface area contributed by atoms with Crippen LogP contribution < -0.4 is 19.3 Å². The zero-order valence-corrected chi connectivity index (χ0v) is 60.7. The van der Waals surface area contributed by atoms with Gasteiger partial charge in [0, 0.05) is 91.1 Å². The maximum atomic E-state index is 17.4. The van der Waals surface area contributed by atoms with Crippen molar-refractivity contribution in [1.82, 2.24) is 0 Å². The van der Waals surface area contributed by atoms with Gasteiger partial charge in [0.25, 0.3) is 0 Å². The second-order valence-electron chi connectivity index (χ2n) is 28.7. The van der Waals surface area contributed by atoms with Crippen molar-refractivity contribution < 1.29 is 44.7 Å². The van der Waals surface area contributed by atoms with Gasteiger partial charge in [-0.2, -0.15) is 0 Å². The Morgan fingerprint density at radius 2 is 0.579 bits per heavy atom. The summed E-state index contributed by atoms with van der Waals surface area (Å²) in [5.41, 5.74) is 13.0. The molecule has 12 heteroatoms. The zero-order chi connectivity index (χ0) is 77.1. The number of furan rings is 2. The van der Waals surface area contributed by atoms with Crippen molar-refractivity contribution in [3.05, 3.63) is 443 Å². The van der Waals surface area contributed by atoms with Crippen LogP contribution in [0.25, 0.3) is 89.4 Å². The fourth-order valence-corrected chi connectivity index (χ4v) is 17.4. The van der Waals surface area contributed by atoms with Gasteiger partial charge in [0.15, 0.2) is 0 Å². The van der Waals surface area contributed by atoms with E-state index >= 15 is 26.3 Å². The third kappa shape index (κ3) is 11.1. The van der Waals surface area contributed by atoms with E-state index in [9.17, 15) is 0 Å². The molecule has 0 fully saturated rings. The molecule has 2 aromatic heterocycles. The molecule has 2 heterocycles. The van der Waals surface area contributed by atoms with E-state index < -0.39 is 45.7 Å². The Bertz CT molecular complexity index is 6450. The molecule has 2 unspecified atom stereocenters. The first-order valence-electron chi connectivity index (χ1n) is 37.3. The highest BCUT2D eigenvalue weighted by atomic mass is 19.2. The monoisotopic (exact) mass is 1490 g/mol. The van der Waals surface area contributed by atoms with Crippen LogP contribution in [0.4, 0.5) is 60.5 Å². The molecule has 2 aliphatic rings. The Morgan fingerprint density at radius 3 is 0.956 bits per heavy atom. The molecule has 20 rings (SSSR count). The number of anilines is 6. The largest absolute Gasteiger partial charge is 0.457 e. The predicted molar refractivity (Wildman–Crippen MR) is 443 cm³/mol. The topological polar surface area (TPSA) is 51.2 Å². The molecule has 114 heavy (non-hydrogen) atoms. The van der Waals surface area contributed by atoms with Crippen LogP contribution in [-0.4, -0.2) is 0 Å². The summed E-state index contributed by atoms with van der Waals surface area (Å²) in [5, 5.41) is 3.58. The number of halogens is 6. The van der Waals surface area contributed by atoms with Crippen LogP contribution in [0, 0.1) is 34.9 Å². The van der Waals surface area contributed by atoms with Crippen LogP contribution in [-0.2, 0) is 10.8 Å². The van der Waals surface area contributed by atoms with Crippen molar-refractivity contribution in [2.24, 2.45) is 0 Å². The lowest BCUT2D eigenvalue weighted by atomic mass is 9.67. The Balaban J connectivity index is 0.718. The average molecular weight is 1490 g/mol. The van der Waals surface area contributed by atoms with Crippen molar-refractivity contribution in [3.8, 4) is 56.4 Å². The van der Waals surface area contributed by atoms with Gasteiger partial charge in [-0.15, -0.1) is 0 Å². The highest BCUT2D eigenvalue weighted by Crippen LogP contribution is 2.61. The van der Waals surface area contributed by atoms with Gasteiger partial charge in [-0.1, -0.05) is 195 Å². The van der Waals surface area contributed by atoms with Crippen molar-refractivity contribution in [1.29, 1.82) is 0 Å². The molecule has 0 N–H and O–H groups in total. The first-order chi connectivity index (χ1) is 55.8. The van der Waals surface area contributed by atoms with Crippen LogP contribution in [0.5, 0.6) is 23.0 Å². The minimum atomic E-state index is -1.68. The predicted octanol–water partition coefficient (Wildman–Crippen LogP) is 28.5. The van der Waals surface area contributed by atoms with Crippen molar-refractivity contribution in [3.63, 3.8) is 0 Å². The van der Waals surface area contributed by atoms with E-state index in [0.29, 0.717) is 78.9 Å². The van der Waals surface area contributed by atoms with Gasteiger partial charge in [-0.05, 0) is 223 Å². The van der Waals surface area contributed by atoms with E-state index in [2.05, 4.69) is 59.4 Å². The molecule has 16 aromatic carbocycles. The van der Waals surface area contributed by atoms with E-state index in [1.807, 2.05) is 255 Å². The molecule has 0 bridgehead atoms. The maximum absolute atomic E-state index is 17.4. The van der Waals surface area contributed by atoms with E-state index in [4.69, 9.17) is 18.3 Å². The third-order valence-electron chi connectivity index (χ3n) is 22.4. The minimum absolute atomic E-state index is 0.336. The van der Waals surface area contributed by atoms with Gasteiger partial charge < -0.3 is 28.1 Å². The summed E-state index contributed by atoms with van der Waals surface area (Å²) in [6.07, 6.45) is 3.49. The van der Waals surface area contributed by atoms with Crippen LogP contribution in [0.1, 0.15) is 55.6 Å². The maximum Gasteiger partial charge on any atom is 0.135 e. The molecular formula is C102H62F6N2O4. The Morgan fingerprint density at radius 1 is 0.272 bits per heavy atom. The summed E-state index contributed by atoms with van der Waals surface area (Å²) in [5.74, 6) is -4.16. The minimum Gasteiger partial charge on any atom is -0.457 e. The lowest BCUT2D eigenvalue weighted by Crippen LogP contribution is -2.31. The number of ether oxygens (including phenoxy) is 2. The Kier molecular flexibility index (Phi) is 16.3. The molecule has 2 aliphatic carbocycles. The number of hydrogen-bond donors (Lipinski definition) is 0. The summed E-state index contributed by atoms with van der Waals surface area (Å²) in [6, 6.07) is 104. The quantitative estimate of drug-likeness (QED) is 0.0847. The van der Waals surface area contributed by atoms with E-state index in [-0.39, 0.29) is 11.1 Å². The van der Waals surface area contributed by atoms with Gasteiger partial charge in [-0.3, -0.25) is 0 Å². The van der Waals surface area contributed by atoms with Gasteiger partial charge in [-0.25, -0.2) is 26.3 Å². The lowest BCUT2D eigenvalue weighted by Gasteiger charge is -2.35. The molecule has 546 valence electrons. The molecule has 0 saturated carbocycles. The molecule has 0 saturated heterocycles. The number of rotatable bonds is 17. The number of para-hydroxylation sites is 2. The fourth-order valence-electron chi connectivity index (χ4n) is 17.4. The summed E-state index contributed by atoms with van der Waals surface area (Å²) in [7, 11) is 0. The van der Waals surface area contributed by atoms with Crippen molar-refractivity contribution in [2.45, 2.75) is 10.8 Å².